The second-order valence-corrected chi connectivity index (χ2v) is 6.75. The van der Waals surface area contributed by atoms with Crippen molar-refractivity contribution in [3.8, 4) is 0 Å². The summed E-state index contributed by atoms with van der Waals surface area (Å²) in [5.41, 5.74) is -0.433. The fourth-order valence-electron chi connectivity index (χ4n) is 1.79. The summed E-state index contributed by atoms with van der Waals surface area (Å²) in [5, 5.41) is 23.1. The number of carbonyl (C=O) groups excluding carboxylic acids is 3. The number of urea groups is 1. The summed E-state index contributed by atoms with van der Waals surface area (Å²) in [7, 11) is 0. The van der Waals surface area contributed by atoms with Crippen molar-refractivity contribution in [2.24, 2.45) is 5.41 Å². The molecule has 9 heteroatoms. The first-order chi connectivity index (χ1) is 12.7. The van der Waals surface area contributed by atoms with Gasteiger partial charge >= 0.3 is 12.0 Å². The van der Waals surface area contributed by atoms with Crippen LogP contribution >= 0.6 is 0 Å². The first-order valence-corrected chi connectivity index (χ1v) is 8.38. The Kier molecular flexibility index (Phi) is 8.86. The highest BCUT2D eigenvalue weighted by Crippen LogP contribution is 2.12. The number of carbonyl (C=O) groups is 3. The number of nitrogens with one attached hydrogen (secondary N) is 2. The maximum atomic E-state index is 11.9. The molecule has 1 aromatic carbocycles. The molecule has 0 spiro atoms. The van der Waals surface area contributed by atoms with Gasteiger partial charge in [0.05, 0.1) is 18.8 Å². The van der Waals surface area contributed by atoms with Crippen molar-refractivity contribution < 1.29 is 34.1 Å². The lowest BCUT2D eigenvalue weighted by Gasteiger charge is -2.24. The third kappa shape index (κ3) is 8.16. The Morgan fingerprint density at radius 1 is 1.07 bits per heavy atom. The van der Waals surface area contributed by atoms with Crippen LogP contribution in [0.15, 0.2) is 30.3 Å². The maximum absolute atomic E-state index is 11.9. The summed E-state index contributed by atoms with van der Waals surface area (Å²) < 4.78 is 10.4. The Morgan fingerprint density at radius 3 is 2.22 bits per heavy atom. The molecule has 150 valence electrons. The molecule has 0 aromatic heterocycles. The van der Waals surface area contributed by atoms with Gasteiger partial charge in [-0.3, -0.25) is 10.1 Å². The van der Waals surface area contributed by atoms with E-state index in [2.05, 4.69) is 10.6 Å². The zero-order valence-electron chi connectivity index (χ0n) is 15.6. The van der Waals surface area contributed by atoms with Crippen LogP contribution in [0.2, 0.25) is 0 Å². The van der Waals surface area contributed by atoms with E-state index in [9.17, 15) is 24.6 Å². The molecular weight excluding hydrogens is 356 g/mol. The number of ether oxygens (including phenoxy) is 2. The summed E-state index contributed by atoms with van der Waals surface area (Å²) >= 11 is 0. The Balaban J connectivity index is 2.51. The van der Waals surface area contributed by atoms with Crippen LogP contribution in [-0.4, -0.2) is 60.3 Å². The molecule has 3 amide bonds. The molecule has 0 radical (unpaired) electrons. The predicted molar refractivity (Wildman–Crippen MR) is 95.7 cm³/mol. The van der Waals surface area contributed by atoms with Gasteiger partial charge in [-0.1, -0.05) is 39.0 Å². The molecule has 0 aliphatic rings. The van der Waals surface area contributed by atoms with Gasteiger partial charge in [-0.2, -0.15) is 0 Å². The fourth-order valence-corrected chi connectivity index (χ4v) is 1.79. The number of rotatable bonds is 8. The molecule has 0 aliphatic heterocycles. The average Bonchev–Trinajstić information content (AvgIpc) is 2.63. The minimum atomic E-state index is -1.20. The fraction of sp³-hybridized carbons (Fsp3) is 0.500. The first kappa shape index (κ1) is 22.6. The SMILES string of the molecule is CC(C)(C)C(=O)NC(=O)N[C@@H](CO)O[C@@H](CO)COC(=O)c1ccccc1. The topological polar surface area (TPSA) is 134 Å². The van der Waals surface area contributed by atoms with E-state index in [0.717, 1.165) is 0 Å². The van der Waals surface area contributed by atoms with Crippen LogP contribution in [0.3, 0.4) is 0 Å². The van der Waals surface area contributed by atoms with Crippen molar-refractivity contribution in [2.75, 3.05) is 19.8 Å². The van der Waals surface area contributed by atoms with Gasteiger partial charge in [-0.25, -0.2) is 9.59 Å². The molecule has 0 saturated heterocycles. The number of imide groups is 1. The molecule has 1 aromatic rings. The smallest absolute Gasteiger partial charge is 0.338 e. The highest BCUT2D eigenvalue weighted by molar-refractivity contribution is 5.96. The number of amides is 3. The highest BCUT2D eigenvalue weighted by atomic mass is 16.6. The van der Waals surface area contributed by atoms with E-state index < -0.39 is 48.9 Å². The Labute approximate surface area is 157 Å². The normalized spacial score (nSPS) is 13.4. The number of aliphatic hydroxyl groups excluding tert-OH is 2. The lowest BCUT2D eigenvalue weighted by molar-refractivity contribution is -0.127. The molecule has 4 N–H and O–H groups in total. The van der Waals surface area contributed by atoms with Gasteiger partial charge in [-0.15, -0.1) is 0 Å². The summed E-state index contributed by atoms with van der Waals surface area (Å²) in [6, 6.07) is 7.41. The third-order valence-electron chi connectivity index (χ3n) is 3.34. The molecule has 0 fully saturated rings. The number of hydrogen-bond donors (Lipinski definition) is 4. The molecule has 0 bridgehead atoms. The van der Waals surface area contributed by atoms with Crippen LogP contribution in [0.4, 0.5) is 4.79 Å². The summed E-state index contributed by atoms with van der Waals surface area (Å²) in [4.78, 5) is 35.5. The van der Waals surface area contributed by atoms with Crippen LogP contribution in [0.1, 0.15) is 31.1 Å². The van der Waals surface area contributed by atoms with Crippen molar-refractivity contribution in [2.45, 2.75) is 33.1 Å². The molecular formula is C18H26N2O7. The quantitative estimate of drug-likeness (QED) is 0.378. The van der Waals surface area contributed by atoms with Crippen LogP contribution in [-0.2, 0) is 14.3 Å². The van der Waals surface area contributed by atoms with Gasteiger partial charge in [-0.05, 0) is 12.1 Å². The standard InChI is InChI=1S/C18H26N2O7/c1-18(2,3)16(24)20-17(25)19-14(10-22)27-13(9-21)11-26-15(23)12-7-5-4-6-8-12/h4-8,13-14,21-22H,9-11H2,1-3H3,(H2,19,20,24,25)/t13-,14+/m0/s1. The number of esters is 1. The Hall–Kier alpha value is -2.49. The van der Waals surface area contributed by atoms with Crippen LogP contribution in [0, 0.1) is 5.41 Å². The Bertz CT molecular complexity index is 628. The van der Waals surface area contributed by atoms with Crippen molar-refractivity contribution in [3.63, 3.8) is 0 Å². The van der Waals surface area contributed by atoms with Crippen LogP contribution < -0.4 is 10.6 Å². The lowest BCUT2D eigenvalue weighted by Crippen LogP contribution is -2.51. The number of aliphatic hydroxyl groups is 2. The molecule has 0 aliphatic carbocycles. The van der Waals surface area contributed by atoms with Crippen molar-refractivity contribution >= 4 is 17.9 Å². The van der Waals surface area contributed by atoms with E-state index in [4.69, 9.17) is 9.47 Å². The van der Waals surface area contributed by atoms with Crippen LogP contribution in [0.5, 0.6) is 0 Å². The largest absolute Gasteiger partial charge is 0.459 e. The van der Waals surface area contributed by atoms with Gasteiger partial charge in [0.15, 0.2) is 6.23 Å². The third-order valence-corrected chi connectivity index (χ3v) is 3.34. The monoisotopic (exact) mass is 382 g/mol. The van der Waals surface area contributed by atoms with Gasteiger partial charge in [0.25, 0.3) is 0 Å². The van der Waals surface area contributed by atoms with E-state index in [1.54, 1.807) is 51.1 Å². The Morgan fingerprint density at radius 2 is 1.70 bits per heavy atom. The lowest BCUT2D eigenvalue weighted by atomic mass is 9.96. The van der Waals surface area contributed by atoms with Crippen molar-refractivity contribution in [1.29, 1.82) is 0 Å². The van der Waals surface area contributed by atoms with E-state index in [1.807, 2.05) is 0 Å². The molecule has 9 nitrogen and oxygen atoms in total. The average molecular weight is 382 g/mol. The zero-order chi connectivity index (χ0) is 20.4. The minimum absolute atomic E-state index is 0.287. The molecule has 2 atom stereocenters. The van der Waals surface area contributed by atoms with E-state index in [-0.39, 0.29) is 6.61 Å². The summed E-state index contributed by atoms with van der Waals surface area (Å²) in [6.45, 7) is 3.50. The van der Waals surface area contributed by atoms with Crippen molar-refractivity contribution in [3.05, 3.63) is 35.9 Å². The van der Waals surface area contributed by atoms with Gasteiger partial charge < -0.3 is 25.0 Å². The molecule has 27 heavy (non-hydrogen) atoms. The molecule has 0 heterocycles. The second kappa shape index (κ2) is 10.6. The number of hydrogen-bond acceptors (Lipinski definition) is 7. The maximum Gasteiger partial charge on any atom is 0.338 e. The first-order valence-electron chi connectivity index (χ1n) is 8.38. The molecule has 1 rings (SSSR count). The highest BCUT2D eigenvalue weighted by Gasteiger charge is 2.25. The van der Waals surface area contributed by atoms with Gasteiger partial charge in [0, 0.05) is 5.41 Å². The zero-order valence-corrected chi connectivity index (χ0v) is 15.6. The molecule has 0 saturated carbocycles. The summed E-state index contributed by atoms with van der Waals surface area (Å²) in [6.07, 6.45) is -2.18. The number of benzene rings is 1. The second-order valence-electron chi connectivity index (χ2n) is 6.75. The van der Waals surface area contributed by atoms with Gasteiger partial charge in [0.1, 0.15) is 12.7 Å². The van der Waals surface area contributed by atoms with E-state index >= 15 is 0 Å². The molecule has 0 unspecified atom stereocenters. The van der Waals surface area contributed by atoms with Crippen LogP contribution in [0.25, 0.3) is 0 Å². The van der Waals surface area contributed by atoms with E-state index in [0.29, 0.717) is 5.56 Å². The van der Waals surface area contributed by atoms with Crippen molar-refractivity contribution in [1.82, 2.24) is 10.6 Å². The summed E-state index contributed by atoms with van der Waals surface area (Å²) in [5.74, 6) is -1.10. The van der Waals surface area contributed by atoms with Gasteiger partial charge in [0.2, 0.25) is 5.91 Å². The predicted octanol–water partition coefficient (Wildman–Crippen LogP) is 0.411. The van der Waals surface area contributed by atoms with E-state index in [1.165, 1.54) is 0 Å². The minimum Gasteiger partial charge on any atom is -0.459 e.